The number of carbonyl (C=O) groups is 2. The Balaban J connectivity index is 1.91. The summed E-state index contributed by atoms with van der Waals surface area (Å²) in [5.74, 6) is -0.469. The van der Waals surface area contributed by atoms with Crippen LogP contribution < -0.4 is 5.32 Å². The zero-order valence-electron chi connectivity index (χ0n) is 10.6. The summed E-state index contributed by atoms with van der Waals surface area (Å²) in [6.45, 7) is 2.25. The van der Waals surface area contributed by atoms with E-state index in [1.165, 1.54) is 20.0 Å². The van der Waals surface area contributed by atoms with Crippen LogP contribution in [-0.4, -0.2) is 54.9 Å². The van der Waals surface area contributed by atoms with Gasteiger partial charge in [0.15, 0.2) is 0 Å². The first-order valence-electron chi connectivity index (χ1n) is 6.38. The van der Waals surface area contributed by atoms with E-state index in [1.54, 1.807) is 0 Å². The molecule has 2 unspecified atom stereocenters. The van der Waals surface area contributed by atoms with Crippen LogP contribution >= 0.6 is 0 Å². The fourth-order valence-corrected chi connectivity index (χ4v) is 2.51. The fourth-order valence-electron chi connectivity index (χ4n) is 2.51. The molecule has 0 bridgehead atoms. The highest BCUT2D eigenvalue weighted by molar-refractivity contribution is 5.71. The summed E-state index contributed by atoms with van der Waals surface area (Å²) in [5, 5.41) is 11.9. The van der Waals surface area contributed by atoms with Gasteiger partial charge in [0.25, 0.3) is 0 Å². The van der Waals surface area contributed by atoms with Gasteiger partial charge in [0, 0.05) is 25.7 Å². The number of piperidine rings is 1. The van der Waals surface area contributed by atoms with Crippen LogP contribution in [0.1, 0.15) is 19.3 Å². The van der Waals surface area contributed by atoms with Gasteiger partial charge in [0.2, 0.25) is 0 Å². The predicted octanol–water partition coefficient (Wildman–Crippen LogP) is 0.527. The molecule has 1 saturated carbocycles. The van der Waals surface area contributed by atoms with E-state index in [0.29, 0.717) is 13.0 Å². The van der Waals surface area contributed by atoms with Crippen molar-refractivity contribution < 1.29 is 19.4 Å². The molecule has 18 heavy (non-hydrogen) atoms. The van der Waals surface area contributed by atoms with Crippen LogP contribution in [-0.2, 0) is 9.53 Å². The lowest BCUT2D eigenvalue weighted by molar-refractivity contribution is -0.144. The van der Waals surface area contributed by atoms with Crippen molar-refractivity contribution in [3.05, 3.63) is 0 Å². The lowest BCUT2D eigenvalue weighted by atomic mass is 9.94. The number of nitrogens with one attached hydrogen (secondary N) is 1. The molecule has 0 aromatic rings. The molecule has 0 aromatic carbocycles. The Hall–Kier alpha value is -1.30. The average molecular weight is 256 g/mol. The molecule has 2 aliphatic rings. The summed E-state index contributed by atoms with van der Waals surface area (Å²) >= 11 is 0. The van der Waals surface area contributed by atoms with E-state index in [9.17, 15) is 9.59 Å². The summed E-state index contributed by atoms with van der Waals surface area (Å²) in [6.07, 6.45) is 2.47. The zero-order chi connectivity index (χ0) is 13.1. The van der Waals surface area contributed by atoms with Gasteiger partial charge in [-0.2, -0.15) is 0 Å². The van der Waals surface area contributed by atoms with E-state index in [0.717, 1.165) is 19.0 Å². The van der Waals surface area contributed by atoms with Crippen molar-refractivity contribution in [3.63, 3.8) is 0 Å². The normalized spacial score (nSPS) is 28.7. The number of aliphatic carboxylic acids is 1. The third-order valence-corrected chi connectivity index (χ3v) is 3.60. The van der Waals surface area contributed by atoms with Gasteiger partial charge < -0.3 is 20.1 Å². The van der Waals surface area contributed by atoms with Crippen molar-refractivity contribution >= 4 is 12.1 Å². The molecule has 1 amide bonds. The quantitative estimate of drug-likeness (QED) is 0.767. The number of hydrogen-bond acceptors (Lipinski definition) is 4. The molecule has 1 heterocycles. The molecule has 6 nitrogen and oxygen atoms in total. The summed E-state index contributed by atoms with van der Waals surface area (Å²) in [4.78, 5) is 24.5. The van der Waals surface area contributed by atoms with E-state index < -0.39 is 18.0 Å². The van der Waals surface area contributed by atoms with Gasteiger partial charge in [0.05, 0.1) is 13.0 Å². The number of ether oxygens (including phenoxy) is 1. The monoisotopic (exact) mass is 256 g/mol. The van der Waals surface area contributed by atoms with Crippen molar-refractivity contribution in [3.8, 4) is 0 Å². The first-order chi connectivity index (χ1) is 8.58. The second-order valence-electron chi connectivity index (χ2n) is 5.27. The molecule has 2 rings (SSSR count). The van der Waals surface area contributed by atoms with E-state index >= 15 is 0 Å². The highest BCUT2D eigenvalue weighted by atomic mass is 16.5. The van der Waals surface area contributed by atoms with E-state index in [1.807, 2.05) is 0 Å². The van der Waals surface area contributed by atoms with Crippen molar-refractivity contribution in [2.45, 2.75) is 25.3 Å². The molecule has 0 spiro atoms. The number of carbonyl (C=O) groups excluding carboxylic acids is 1. The molecular formula is C12H20N2O4. The zero-order valence-corrected chi connectivity index (χ0v) is 10.6. The summed E-state index contributed by atoms with van der Waals surface area (Å²) in [5.41, 5.74) is 0. The summed E-state index contributed by atoms with van der Waals surface area (Å²) < 4.78 is 4.56. The standard InChI is InChI=1S/C12H20N2O4/c1-18-12(17)13-10-4-9(11(15)16)6-14(7-10)5-8-2-3-8/h8-10H,2-7H2,1H3,(H,13,17)(H,15,16). The molecule has 2 atom stereocenters. The Labute approximate surface area is 106 Å². The average Bonchev–Trinajstić information content (AvgIpc) is 3.12. The van der Waals surface area contributed by atoms with Crippen LogP contribution in [0.4, 0.5) is 4.79 Å². The number of carboxylic acid groups (broad SMARTS) is 1. The Morgan fingerprint density at radius 2 is 2.11 bits per heavy atom. The Kier molecular flexibility index (Phi) is 4.06. The van der Waals surface area contributed by atoms with Gasteiger partial charge in [-0.05, 0) is 25.2 Å². The molecular weight excluding hydrogens is 236 g/mol. The number of rotatable bonds is 4. The summed E-state index contributed by atoms with van der Waals surface area (Å²) in [6, 6.07) is -0.133. The third-order valence-electron chi connectivity index (χ3n) is 3.60. The molecule has 102 valence electrons. The van der Waals surface area contributed by atoms with E-state index in [-0.39, 0.29) is 6.04 Å². The Morgan fingerprint density at radius 1 is 1.39 bits per heavy atom. The van der Waals surface area contributed by atoms with Crippen LogP contribution in [0.5, 0.6) is 0 Å². The number of carboxylic acids is 1. The first kappa shape index (κ1) is 13.1. The Bertz CT molecular complexity index is 330. The van der Waals surface area contributed by atoms with Crippen LogP contribution in [0.2, 0.25) is 0 Å². The number of amides is 1. The molecule has 6 heteroatoms. The number of methoxy groups -OCH3 is 1. The molecule has 2 N–H and O–H groups in total. The fraction of sp³-hybridized carbons (Fsp3) is 0.833. The van der Waals surface area contributed by atoms with Gasteiger partial charge in [-0.3, -0.25) is 4.79 Å². The molecule has 2 fully saturated rings. The minimum absolute atomic E-state index is 0.133. The molecule has 1 aliphatic heterocycles. The van der Waals surface area contributed by atoms with Crippen molar-refractivity contribution in [1.29, 1.82) is 0 Å². The van der Waals surface area contributed by atoms with E-state index in [4.69, 9.17) is 5.11 Å². The number of alkyl carbamates (subject to hydrolysis) is 1. The maximum absolute atomic E-state index is 11.2. The predicted molar refractivity (Wildman–Crippen MR) is 64.2 cm³/mol. The minimum Gasteiger partial charge on any atom is -0.481 e. The van der Waals surface area contributed by atoms with Crippen LogP contribution in [0.15, 0.2) is 0 Å². The SMILES string of the molecule is COC(=O)NC1CC(C(=O)O)CN(CC2CC2)C1. The van der Waals surface area contributed by atoms with Crippen molar-refractivity contribution in [2.24, 2.45) is 11.8 Å². The van der Waals surface area contributed by atoms with Crippen LogP contribution in [0, 0.1) is 11.8 Å². The van der Waals surface area contributed by atoms with Gasteiger partial charge in [-0.1, -0.05) is 0 Å². The lowest BCUT2D eigenvalue weighted by Crippen LogP contribution is -2.52. The van der Waals surface area contributed by atoms with Crippen LogP contribution in [0.25, 0.3) is 0 Å². The van der Waals surface area contributed by atoms with Gasteiger partial charge in [-0.15, -0.1) is 0 Å². The number of nitrogens with zero attached hydrogens (tertiary/aromatic N) is 1. The van der Waals surface area contributed by atoms with Crippen molar-refractivity contribution in [2.75, 3.05) is 26.7 Å². The third kappa shape index (κ3) is 3.60. The smallest absolute Gasteiger partial charge is 0.407 e. The van der Waals surface area contributed by atoms with Gasteiger partial charge in [-0.25, -0.2) is 4.79 Å². The number of hydrogen-bond donors (Lipinski definition) is 2. The van der Waals surface area contributed by atoms with Gasteiger partial charge in [0.1, 0.15) is 0 Å². The van der Waals surface area contributed by atoms with Crippen LogP contribution in [0.3, 0.4) is 0 Å². The number of likely N-dealkylation sites (tertiary alicyclic amines) is 1. The Morgan fingerprint density at radius 3 is 2.67 bits per heavy atom. The highest BCUT2D eigenvalue weighted by Gasteiger charge is 2.34. The lowest BCUT2D eigenvalue weighted by Gasteiger charge is -2.36. The largest absolute Gasteiger partial charge is 0.481 e. The second-order valence-corrected chi connectivity index (χ2v) is 5.27. The maximum atomic E-state index is 11.2. The minimum atomic E-state index is -0.785. The van der Waals surface area contributed by atoms with Gasteiger partial charge >= 0.3 is 12.1 Å². The molecule has 0 aromatic heterocycles. The second kappa shape index (κ2) is 5.56. The molecule has 1 aliphatic carbocycles. The maximum Gasteiger partial charge on any atom is 0.407 e. The molecule has 0 radical (unpaired) electrons. The summed E-state index contributed by atoms with van der Waals surface area (Å²) in [7, 11) is 1.31. The molecule has 1 saturated heterocycles. The van der Waals surface area contributed by atoms with E-state index in [2.05, 4.69) is 15.0 Å². The van der Waals surface area contributed by atoms with Crippen molar-refractivity contribution in [1.82, 2.24) is 10.2 Å². The topological polar surface area (TPSA) is 78.9 Å². The first-order valence-corrected chi connectivity index (χ1v) is 6.38. The highest BCUT2D eigenvalue weighted by Crippen LogP contribution is 2.31.